The van der Waals surface area contributed by atoms with Crippen LogP contribution in [-0.2, 0) is 6.54 Å². The average molecular weight is 352 g/mol. The maximum atomic E-state index is 13.3. The zero-order chi connectivity index (χ0) is 18.4. The highest BCUT2D eigenvalue weighted by Crippen LogP contribution is 2.43. The molecule has 27 heavy (non-hydrogen) atoms. The van der Waals surface area contributed by atoms with Crippen LogP contribution in [0.4, 0.5) is 0 Å². The highest BCUT2D eigenvalue weighted by molar-refractivity contribution is 6.01. The van der Waals surface area contributed by atoms with Crippen molar-refractivity contribution in [2.75, 3.05) is 0 Å². The molecule has 0 saturated heterocycles. The van der Waals surface area contributed by atoms with Crippen LogP contribution in [-0.4, -0.2) is 15.8 Å². The van der Waals surface area contributed by atoms with Gasteiger partial charge in [-0.15, -0.1) is 0 Å². The van der Waals surface area contributed by atoms with E-state index < -0.39 is 0 Å². The summed E-state index contributed by atoms with van der Waals surface area (Å²) in [7, 11) is 0. The molecule has 3 aromatic carbocycles. The maximum Gasteiger partial charge on any atom is 0.255 e. The van der Waals surface area contributed by atoms with Crippen LogP contribution in [0, 0.1) is 6.92 Å². The van der Waals surface area contributed by atoms with Gasteiger partial charge in [-0.3, -0.25) is 4.79 Å². The fourth-order valence-corrected chi connectivity index (χ4v) is 4.28. The lowest BCUT2D eigenvalue weighted by Gasteiger charge is -2.26. The smallest absolute Gasteiger partial charge is 0.255 e. The first-order valence-electron chi connectivity index (χ1n) is 9.25. The van der Waals surface area contributed by atoms with Gasteiger partial charge in [0.15, 0.2) is 0 Å². The number of H-pyrrole nitrogens is 1. The number of aromatic nitrogens is 1. The van der Waals surface area contributed by atoms with Crippen molar-refractivity contribution in [3.05, 3.63) is 107 Å². The van der Waals surface area contributed by atoms with Crippen LogP contribution >= 0.6 is 0 Å². The van der Waals surface area contributed by atoms with Crippen LogP contribution in [0.1, 0.15) is 38.8 Å². The highest BCUT2D eigenvalue weighted by atomic mass is 16.2. The number of aromatic amines is 1. The molecule has 0 saturated carbocycles. The van der Waals surface area contributed by atoms with Gasteiger partial charge in [-0.25, -0.2) is 0 Å². The minimum absolute atomic E-state index is 0.0787. The van der Waals surface area contributed by atoms with Gasteiger partial charge in [-0.1, -0.05) is 66.7 Å². The molecular formula is C24H20N2O. The van der Waals surface area contributed by atoms with Gasteiger partial charge in [-0.05, 0) is 30.2 Å². The molecule has 0 fully saturated rings. The van der Waals surface area contributed by atoms with Gasteiger partial charge in [0.2, 0.25) is 0 Å². The fourth-order valence-electron chi connectivity index (χ4n) is 4.28. The molecule has 1 amide bonds. The molecule has 3 heteroatoms. The van der Waals surface area contributed by atoms with E-state index in [-0.39, 0.29) is 11.9 Å². The number of hydrogen-bond donors (Lipinski definition) is 1. The van der Waals surface area contributed by atoms with Crippen LogP contribution in [0.2, 0.25) is 0 Å². The zero-order valence-corrected chi connectivity index (χ0v) is 15.1. The van der Waals surface area contributed by atoms with Crippen LogP contribution in [0.15, 0.2) is 78.9 Å². The predicted molar refractivity (Wildman–Crippen MR) is 108 cm³/mol. The van der Waals surface area contributed by atoms with Crippen LogP contribution in [0.25, 0.3) is 10.9 Å². The minimum Gasteiger partial charge on any atom is -0.358 e. The van der Waals surface area contributed by atoms with Crippen molar-refractivity contribution in [2.24, 2.45) is 0 Å². The Kier molecular flexibility index (Phi) is 3.61. The van der Waals surface area contributed by atoms with Crippen LogP contribution in [0.5, 0.6) is 0 Å². The molecule has 0 radical (unpaired) electrons. The van der Waals surface area contributed by atoms with Crippen molar-refractivity contribution in [1.82, 2.24) is 9.88 Å². The Morgan fingerprint density at radius 1 is 0.889 bits per heavy atom. The van der Waals surface area contributed by atoms with E-state index in [1.54, 1.807) is 0 Å². The predicted octanol–water partition coefficient (Wildman–Crippen LogP) is 5.22. The Hall–Kier alpha value is -3.33. The fraction of sp³-hybridized carbons (Fsp3) is 0.125. The topological polar surface area (TPSA) is 36.1 Å². The van der Waals surface area contributed by atoms with E-state index >= 15 is 0 Å². The lowest BCUT2D eigenvalue weighted by molar-refractivity contribution is 0.0736. The first-order valence-corrected chi connectivity index (χ1v) is 9.25. The normalized spacial score (nSPS) is 16.1. The highest BCUT2D eigenvalue weighted by Gasteiger charge is 2.39. The lowest BCUT2D eigenvalue weighted by atomic mass is 9.95. The van der Waals surface area contributed by atoms with Crippen LogP contribution < -0.4 is 0 Å². The molecule has 2 heterocycles. The van der Waals surface area contributed by atoms with Crippen molar-refractivity contribution in [2.45, 2.75) is 19.5 Å². The standard InChI is InChI=1S/C24H20N2O/c1-16-22(20-13-7-8-14-21(20)25-16)23-18-11-5-6-12-19(18)24(27)26(23)15-17-9-3-2-4-10-17/h2-14,23,25H,15H2,1H3/t23-/m0/s1. The van der Waals surface area contributed by atoms with Crippen molar-refractivity contribution < 1.29 is 4.79 Å². The van der Waals surface area contributed by atoms with Gasteiger partial charge in [0.05, 0.1) is 6.04 Å². The molecule has 1 aliphatic heterocycles. The molecule has 1 N–H and O–H groups in total. The molecule has 3 nitrogen and oxygen atoms in total. The number of rotatable bonds is 3. The number of fused-ring (bicyclic) bond motifs is 2. The van der Waals surface area contributed by atoms with E-state index in [2.05, 4.69) is 48.3 Å². The SMILES string of the molecule is Cc1[nH]c2ccccc2c1[C@@H]1c2ccccc2C(=O)N1Cc1ccccc1. The molecule has 5 rings (SSSR count). The Labute approximate surface area is 158 Å². The molecule has 1 aliphatic rings. The number of nitrogens with one attached hydrogen (secondary N) is 1. The summed E-state index contributed by atoms with van der Waals surface area (Å²) in [4.78, 5) is 18.8. The summed E-state index contributed by atoms with van der Waals surface area (Å²) in [5.41, 5.74) is 6.46. The average Bonchev–Trinajstić information content (AvgIpc) is 3.17. The molecule has 0 bridgehead atoms. The number of carbonyl (C=O) groups excluding carboxylic acids is 1. The number of amides is 1. The first kappa shape index (κ1) is 15.9. The number of hydrogen-bond acceptors (Lipinski definition) is 1. The summed E-state index contributed by atoms with van der Waals surface area (Å²) < 4.78 is 0. The van der Waals surface area contributed by atoms with Gasteiger partial charge in [-0.2, -0.15) is 0 Å². The second-order valence-electron chi connectivity index (χ2n) is 7.12. The number of benzene rings is 3. The first-order chi connectivity index (χ1) is 13.2. The Balaban J connectivity index is 1.71. The molecule has 1 atom stereocenters. The van der Waals surface area contributed by atoms with Crippen molar-refractivity contribution in [1.29, 1.82) is 0 Å². The third kappa shape index (κ3) is 2.47. The molecule has 4 aromatic rings. The van der Waals surface area contributed by atoms with Gasteiger partial charge < -0.3 is 9.88 Å². The minimum atomic E-state index is -0.0787. The summed E-state index contributed by atoms with van der Waals surface area (Å²) in [6, 6.07) is 26.5. The van der Waals surface area contributed by atoms with Gasteiger partial charge >= 0.3 is 0 Å². The van der Waals surface area contributed by atoms with E-state index in [0.29, 0.717) is 6.54 Å². The summed E-state index contributed by atoms with van der Waals surface area (Å²) in [6.45, 7) is 2.69. The lowest BCUT2D eigenvalue weighted by Crippen LogP contribution is -2.28. The molecule has 0 unspecified atom stereocenters. The molecular weight excluding hydrogens is 332 g/mol. The van der Waals surface area contributed by atoms with Gasteiger partial charge in [0, 0.05) is 34.3 Å². The molecule has 0 spiro atoms. The number of aryl methyl sites for hydroxylation is 1. The van der Waals surface area contributed by atoms with E-state index in [9.17, 15) is 4.79 Å². The molecule has 132 valence electrons. The van der Waals surface area contributed by atoms with E-state index in [1.165, 1.54) is 10.9 Å². The largest absolute Gasteiger partial charge is 0.358 e. The second-order valence-corrected chi connectivity index (χ2v) is 7.12. The summed E-state index contributed by atoms with van der Waals surface area (Å²) in [6.07, 6.45) is 0. The monoisotopic (exact) mass is 352 g/mol. The number of para-hydroxylation sites is 1. The Bertz CT molecular complexity index is 1140. The maximum absolute atomic E-state index is 13.3. The number of carbonyl (C=O) groups is 1. The second kappa shape index (κ2) is 6.13. The summed E-state index contributed by atoms with van der Waals surface area (Å²) in [5.74, 6) is 0.101. The van der Waals surface area contributed by atoms with Crippen molar-refractivity contribution >= 4 is 16.8 Å². The van der Waals surface area contributed by atoms with Gasteiger partial charge in [0.25, 0.3) is 5.91 Å². The Morgan fingerprint density at radius 3 is 2.44 bits per heavy atom. The molecule has 1 aromatic heterocycles. The summed E-state index contributed by atoms with van der Waals surface area (Å²) in [5, 5.41) is 1.18. The van der Waals surface area contributed by atoms with E-state index in [0.717, 1.165) is 27.9 Å². The van der Waals surface area contributed by atoms with Crippen molar-refractivity contribution in [3.63, 3.8) is 0 Å². The summed E-state index contributed by atoms with van der Waals surface area (Å²) >= 11 is 0. The Morgan fingerprint density at radius 2 is 1.59 bits per heavy atom. The quantitative estimate of drug-likeness (QED) is 0.539. The molecule has 0 aliphatic carbocycles. The zero-order valence-electron chi connectivity index (χ0n) is 15.1. The van der Waals surface area contributed by atoms with Crippen molar-refractivity contribution in [3.8, 4) is 0 Å². The van der Waals surface area contributed by atoms with E-state index in [1.807, 2.05) is 47.4 Å². The van der Waals surface area contributed by atoms with E-state index in [4.69, 9.17) is 0 Å². The van der Waals surface area contributed by atoms with Gasteiger partial charge in [0.1, 0.15) is 0 Å². The third-order valence-corrected chi connectivity index (χ3v) is 5.47. The number of nitrogens with zero attached hydrogens (tertiary/aromatic N) is 1. The third-order valence-electron chi connectivity index (χ3n) is 5.47. The van der Waals surface area contributed by atoms with Crippen LogP contribution in [0.3, 0.4) is 0 Å².